The van der Waals surface area contributed by atoms with Crippen LogP contribution in [0.4, 0.5) is 5.95 Å². The number of aromatic nitrogens is 2. The molecule has 0 spiro atoms. The lowest BCUT2D eigenvalue weighted by Gasteiger charge is -2.15. The van der Waals surface area contributed by atoms with E-state index in [2.05, 4.69) is 10.3 Å². The van der Waals surface area contributed by atoms with Gasteiger partial charge in [-0.25, -0.2) is 4.98 Å². The zero-order chi connectivity index (χ0) is 16.4. The van der Waals surface area contributed by atoms with Gasteiger partial charge in [0.15, 0.2) is 0 Å². The van der Waals surface area contributed by atoms with Crippen LogP contribution in [0, 0.1) is 0 Å². The molecule has 1 amide bonds. The third-order valence-corrected chi connectivity index (χ3v) is 4.24. The third-order valence-electron chi connectivity index (χ3n) is 4.00. The molecule has 0 radical (unpaired) electrons. The minimum absolute atomic E-state index is 0.100. The summed E-state index contributed by atoms with van der Waals surface area (Å²) in [5.74, 6) is 0.243. The molecule has 23 heavy (non-hydrogen) atoms. The number of carbonyl (C=O) groups is 1. The fraction of sp³-hybridized carbons (Fsp3) is 0.500. The number of carbonyl (C=O) groups excluding carboxylic acids is 1. The zero-order valence-corrected chi connectivity index (χ0v) is 14.0. The van der Waals surface area contributed by atoms with Gasteiger partial charge in [-0.2, -0.15) is 0 Å². The number of rotatable bonds is 5. The smallest absolute Gasteiger partial charge is 0.255 e. The number of hydrogen-bond donors (Lipinski definition) is 1. The second kappa shape index (κ2) is 6.86. The van der Waals surface area contributed by atoms with Crippen LogP contribution in [0.5, 0.6) is 0 Å². The third kappa shape index (κ3) is 3.65. The van der Waals surface area contributed by atoms with Crippen molar-refractivity contribution >= 4 is 34.5 Å². The fourth-order valence-electron chi connectivity index (χ4n) is 2.60. The van der Waals surface area contributed by atoms with Crippen LogP contribution in [-0.2, 0) is 21.3 Å². The summed E-state index contributed by atoms with van der Waals surface area (Å²) in [5, 5.41) is 3.41. The van der Waals surface area contributed by atoms with E-state index >= 15 is 0 Å². The summed E-state index contributed by atoms with van der Waals surface area (Å²) < 4.78 is 12.9. The number of ether oxygens (including phenoxy) is 2. The Morgan fingerprint density at radius 3 is 3.17 bits per heavy atom. The van der Waals surface area contributed by atoms with Gasteiger partial charge in [0.05, 0.1) is 23.7 Å². The topological polar surface area (TPSA) is 65.4 Å². The summed E-state index contributed by atoms with van der Waals surface area (Å²) in [5.41, 5.74) is 1.64. The predicted octanol–water partition coefficient (Wildman–Crippen LogP) is 2.75. The summed E-state index contributed by atoms with van der Waals surface area (Å²) in [6.45, 7) is 2.94. The molecule has 1 fully saturated rings. The Morgan fingerprint density at radius 2 is 2.43 bits per heavy atom. The van der Waals surface area contributed by atoms with E-state index in [0.29, 0.717) is 17.6 Å². The first kappa shape index (κ1) is 16.2. The van der Waals surface area contributed by atoms with Gasteiger partial charge in [-0.05, 0) is 38.0 Å². The second-order valence-electron chi connectivity index (χ2n) is 5.73. The summed E-state index contributed by atoms with van der Waals surface area (Å²) in [4.78, 5) is 16.7. The second-order valence-corrected chi connectivity index (χ2v) is 6.16. The molecule has 1 aliphatic rings. The van der Waals surface area contributed by atoms with Crippen molar-refractivity contribution in [1.82, 2.24) is 9.55 Å². The Kier molecular flexibility index (Phi) is 4.84. The minimum Gasteiger partial charge on any atom is -0.376 e. The van der Waals surface area contributed by atoms with Crippen molar-refractivity contribution in [3.05, 3.63) is 23.2 Å². The van der Waals surface area contributed by atoms with Crippen LogP contribution in [0.2, 0.25) is 5.02 Å². The van der Waals surface area contributed by atoms with E-state index in [9.17, 15) is 4.79 Å². The Bertz CT molecular complexity index is 710. The molecule has 0 bridgehead atoms. The Morgan fingerprint density at radius 1 is 1.61 bits per heavy atom. The molecule has 2 atom stereocenters. The Labute approximate surface area is 139 Å². The monoisotopic (exact) mass is 337 g/mol. The molecule has 1 saturated heterocycles. The van der Waals surface area contributed by atoms with E-state index in [0.717, 1.165) is 30.5 Å². The van der Waals surface area contributed by atoms with Gasteiger partial charge in [0.2, 0.25) is 5.95 Å². The van der Waals surface area contributed by atoms with Crippen molar-refractivity contribution in [3.63, 3.8) is 0 Å². The molecule has 0 saturated carbocycles. The van der Waals surface area contributed by atoms with Gasteiger partial charge in [0, 0.05) is 18.7 Å². The van der Waals surface area contributed by atoms with E-state index in [1.54, 1.807) is 19.1 Å². The number of imidazole rings is 1. The van der Waals surface area contributed by atoms with Crippen molar-refractivity contribution in [3.8, 4) is 0 Å². The average Bonchev–Trinajstić information content (AvgIpc) is 3.14. The normalized spacial score (nSPS) is 19.2. The highest BCUT2D eigenvalue weighted by atomic mass is 35.5. The van der Waals surface area contributed by atoms with E-state index in [-0.39, 0.29) is 12.0 Å². The van der Waals surface area contributed by atoms with Crippen molar-refractivity contribution in [2.24, 2.45) is 7.05 Å². The first-order chi connectivity index (χ1) is 11.0. The summed E-state index contributed by atoms with van der Waals surface area (Å²) in [6, 6.07) is 5.44. The molecule has 1 N–H and O–H groups in total. The first-order valence-electron chi connectivity index (χ1n) is 7.70. The van der Waals surface area contributed by atoms with Gasteiger partial charge in [0.1, 0.15) is 6.10 Å². The number of halogens is 1. The van der Waals surface area contributed by atoms with Crippen LogP contribution < -0.4 is 5.32 Å². The lowest BCUT2D eigenvalue weighted by Crippen LogP contribution is -2.31. The van der Waals surface area contributed by atoms with Gasteiger partial charge < -0.3 is 14.0 Å². The predicted molar refractivity (Wildman–Crippen MR) is 88.7 cm³/mol. The molecule has 124 valence electrons. The summed E-state index contributed by atoms with van der Waals surface area (Å²) in [7, 11) is 1.84. The maximum absolute atomic E-state index is 12.3. The fourth-order valence-corrected chi connectivity index (χ4v) is 2.77. The number of aryl methyl sites for hydroxylation is 1. The lowest BCUT2D eigenvalue weighted by molar-refractivity contribution is -0.128. The number of anilines is 1. The molecular weight excluding hydrogens is 318 g/mol. The minimum atomic E-state index is -0.567. The molecule has 1 aromatic heterocycles. The Balaban J connectivity index is 1.63. The molecule has 1 aliphatic heterocycles. The molecule has 2 aromatic rings. The molecule has 2 heterocycles. The molecule has 0 aliphatic carbocycles. The molecule has 3 rings (SSSR count). The van der Waals surface area contributed by atoms with Crippen molar-refractivity contribution in [1.29, 1.82) is 0 Å². The van der Waals surface area contributed by atoms with Crippen LogP contribution >= 0.6 is 11.6 Å². The molecule has 0 unspecified atom stereocenters. The molecule has 7 heteroatoms. The van der Waals surface area contributed by atoms with Crippen molar-refractivity contribution in [2.75, 3.05) is 18.5 Å². The van der Waals surface area contributed by atoms with Gasteiger partial charge in [-0.15, -0.1) is 0 Å². The highest BCUT2D eigenvalue weighted by molar-refractivity contribution is 6.31. The zero-order valence-electron chi connectivity index (χ0n) is 13.2. The molecular formula is C16H20ClN3O3. The number of fused-ring (bicyclic) bond motifs is 1. The average molecular weight is 338 g/mol. The van der Waals surface area contributed by atoms with Crippen LogP contribution in [0.25, 0.3) is 11.0 Å². The number of amides is 1. The van der Waals surface area contributed by atoms with Gasteiger partial charge in [-0.3, -0.25) is 10.1 Å². The lowest BCUT2D eigenvalue weighted by atomic mass is 10.2. The van der Waals surface area contributed by atoms with Gasteiger partial charge in [0.25, 0.3) is 5.91 Å². The van der Waals surface area contributed by atoms with E-state index in [4.69, 9.17) is 21.1 Å². The maximum atomic E-state index is 12.3. The Hall–Kier alpha value is -1.63. The maximum Gasteiger partial charge on any atom is 0.255 e. The number of nitrogens with one attached hydrogen (secondary N) is 1. The van der Waals surface area contributed by atoms with Crippen molar-refractivity contribution in [2.45, 2.75) is 32.0 Å². The highest BCUT2D eigenvalue weighted by Crippen LogP contribution is 2.22. The quantitative estimate of drug-likeness (QED) is 0.911. The van der Waals surface area contributed by atoms with Gasteiger partial charge >= 0.3 is 0 Å². The van der Waals surface area contributed by atoms with E-state index < -0.39 is 6.10 Å². The SMILES string of the molecule is C[C@H](OC[C@H]1CCCO1)C(=O)Nc1nc2cc(Cl)ccc2n1C. The standard InChI is InChI=1S/C16H20ClN3O3/c1-10(23-9-12-4-3-7-22-12)15(21)19-16-18-13-8-11(17)5-6-14(13)20(16)2/h5-6,8,10,12H,3-4,7,9H2,1-2H3,(H,18,19,21)/t10-,12+/m0/s1. The van der Waals surface area contributed by atoms with Crippen molar-refractivity contribution < 1.29 is 14.3 Å². The largest absolute Gasteiger partial charge is 0.376 e. The van der Waals surface area contributed by atoms with Crippen LogP contribution in [0.15, 0.2) is 18.2 Å². The van der Waals surface area contributed by atoms with Crippen LogP contribution in [-0.4, -0.2) is 40.9 Å². The molecule has 1 aromatic carbocycles. The highest BCUT2D eigenvalue weighted by Gasteiger charge is 2.21. The van der Waals surface area contributed by atoms with E-state index in [1.807, 2.05) is 17.7 Å². The number of hydrogen-bond acceptors (Lipinski definition) is 4. The first-order valence-corrected chi connectivity index (χ1v) is 8.08. The summed E-state index contributed by atoms with van der Waals surface area (Å²) in [6.07, 6.45) is 1.57. The number of benzene rings is 1. The van der Waals surface area contributed by atoms with Crippen LogP contribution in [0.3, 0.4) is 0 Å². The number of nitrogens with zero attached hydrogens (tertiary/aromatic N) is 2. The molecule has 6 nitrogen and oxygen atoms in total. The summed E-state index contributed by atoms with van der Waals surface area (Å²) >= 11 is 5.97. The van der Waals surface area contributed by atoms with E-state index in [1.165, 1.54) is 0 Å². The van der Waals surface area contributed by atoms with Crippen LogP contribution in [0.1, 0.15) is 19.8 Å². The van der Waals surface area contributed by atoms with Gasteiger partial charge in [-0.1, -0.05) is 11.6 Å².